The molecule has 0 bridgehead atoms. The fourth-order valence-electron chi connectivity index (χ4n) is 5.04. The van der Waals surface area contributed by atoms with Crippen LogP contribution in [0.2, 0.25) is 0 Å². The molecule has 0 saturated carbocycles. The van der Waals surface area contributed by atoms with Crippen LogP contribution in [-0.2, 0) is 11.2 Å². The quantitative estimate of drug-likeness (QED) is 0.280. The van der Waals surface area contributed by atoms with Gasteiger partial charge in [-0.3, -0.25) is 4.79 Å². The molecule has 0 radical (unpaired) electrons. The Morgan fingerprint density at radius 1 is 1.05 bits per heavy atom. The van der Waals surface area contributed by atoms with Crippen LogP contribution in [0.5, 0.6) is 11.5 Å². The second kappa shape index (κ2) is 10.3. The molecule has 1 aliphatic heterocycles. The van der Waals surface area contributed by atoms with Gasteiger partial charge in [-0.2, -0.15) is 0 Å². The molecular formula is C29H26N4O4S. The number of amides is 1. The number of carbonyl (C=O) groups is 1. The molecule has 5 aromatic rings. The zero-order valence-corrected chi connectivity index (χ0v) is 21.8. The van der Waals surface area contributed by atoms with Crippen molar-refractivity contribution in [2.24, 2.45) is 0 Å². The lowest BCUT2D eigenvalue weighted by Gasteiger charge is -2.38. The zero-order valence-electron chi connectivity index (χ0n) is 21.0. The number of benzene rings is 3. The third kappa shape index (κ3) is 4.39. The van der Waals surface area contributed by atoms with Gasteiger partial charge in [-0.1, -0.05) is 60.3 Å². The molecule has 9 heteroatoms. The molecule has 1 amide bonds. The van der Waals surface area contributed by atoms with Gasteiger partial charge in [-0.05, 0) is 41.3 Å². The molecule has 0 aliphatic carbocycles. The van der Waals surface area contributed by atoms with Crippen molar-refractivity contribution < 1.29 is 18.7 Å². The highest BCUT2D eigenvalue weighted by molar-refractivity contribution is 7.99. The van der Waals surface area contributed by atoms with Crippen LogP contribution in [0.4, 0.5) is 0 Å². The maximum absolute atomic E-state index is 13.6. The van der Waals surface area contributed by atoms with Crippen molar-refractivity contribution in [1.29, 1.82) is 0 Å². The lowest BCUT2D eigenvalue weighted by Crippen LogP contribution is -2.41. The van der Waals surface area contributed by atoms with Crippen LogP contribution >= 0.6 is 11.8 Å². The molecule has 6 rings (SSSR count). The summed E-state index contributed by atoms with van der Waals surface area (Å²) >= 11 is 1.25. The molecule has 3 heterocycles. The third-order valence-electron chi connectivity index (χ3n) is 6.85. The van der Waals surface area contributed by atoms with E-state index in [0.29, 0.717) is 29.2 Å². The Hall–Kier alpha value is -4.24. The van der Waals surface area contributed by atoms with E-state index >= 15 is 0 Å². The molecule has 2 aromatic heterocycles. The number of aromatic nitrogens is 3. The van der Waals surface area contributed by atoms with Gasteiger partial charge < -0.3 is 23.8 Å². The molecule has 1 N–H and O–H groups in total. The average molecular weight is 527 g/mol. The van der Waals surface area contributed by atoms with E-state index in [1.165, 1.54) is 11.8 Å². The van der Waals surface area contributed by atoms with Gasteiger partial charge in [0.2, 0.25) is 5.91 Å². The number of methoxy groups -OCH3 is 2. The normalized spacial score (nSPS) is 14.9. The first-order chi connectivity index (χ1) is 18.7. The Labute approximate surface area is 224 Å². The van der Waals surface area contributed by atoms with Gasteiger partial charge in [0, 0.05) is 23.6 Å². The number of nitrogens with zero attached hydrogens (tertiary/aromatic N) is 3. The zero-order chi connectivity index (χ0) is 26.1. The van der Waals surface area contributed by atoms with Crippen LogP contribution in [0.1, 0.15) is 22.7 Å². The summed E-state index contributed by atoms with van der Waals surface area (Å²) in [4.78, 5) is 18.8. The lowest BCUT2D eigenvalue weighted by atomic mass is 9.87. The first-order valence-electron chi connectivity index (χ1n) is 12.3. The lowest BCUT2D eigenvalue weighted by molar-refractivity contribution is -0.130. The summed E-state index contributed by atoms with van der Waals surface area (Å²) in [7, 11) is 3.26. The predicted molar refractivity (Wildman–Crippen MR) is 146 cm³/mol. The van der Waals surface area contributed by atoms with Crippen molar-refractivity contribution in [2.75, 3.05) is 26.5 Å². The summed E-state index contributed by atoms with van der Waals surface area (Å²) < 4.78 is 17.0. The molecule has 0 saturated heterocycles. The predicted octanol–water partition coefficient (Wildman–Crippen LogP) is 5.50. The highest BCUT2D eigenvalue weighted by atomic mass is 32.2. The number of ether oxygens (including phenoxy) is 2. The molecule has 8 nitrogen and oxygen atoms in total. The molecule has 0 unspecified atom stereocenters. The minimum Gasteiger partial charge on any atom is -0.493 e. The SMILES string of the molecule is COc1cc2c(cc1OC)[C@H](c1ccccc1)N(C(=O)CSc1nnc(-c3c[nH]c4ccccc34)o1)CC2. The fraction of sp³-hybridized carbons (Fsp3) is 0.207. The van der Waals surface area contributed by atoms with Gasteiger partial charge >= 0.3 is 0 Å². The van der Waals surface area contributed by atoms with E-state index < -0.39 is 0 Å². The summed E-state index contributed by atoms with van der Waals surface area (Å²) in [5, 5.41) is 9.77. The van der Waals surface area contributed by atoms with Crippen LogP contribution in [0.15, 0.2) is 82.6 Å². The van der Waals surface area contributed by atoms with Crippen molar-refractivity contribution in [1.82, 2.24) is 20.1 Å². The monoisotopic (exact) mass is 526 g/mol. The highest BCUT2D eigenvalue weighted by Gasteiger charge is 2.33. The van der Waals surface area contributed by atoms with E-state index in [1.54, 1.807) is 14.2 Å². The standard InChI is InChI=1S/C29H26N4O4S/c1-35-24-14-19-12-13-33(27(18-8-4-3-5-9-18)21(19)15-25(24)36-2)26(34)17-38-29-32-31-28(37-29)22-16-30-23-11-7-6-10-20(22)23/h3-11,14-16,27,30H,12-13,17H2,1-2H3/t27-/m0/s1. The molecule has 0 fully saturated rings. The summed E-state index contributed by atoms with van der Waals surface area (Å²) in [6.07, 6.45) is 2.58. The Bertz CT molecular complexity index is 1600. The second-order valence-electron chi connectivity index (χ2n) is 8.97. The van der Waals surface area contributed by atoms with Crippen molar-refractivity contribution in [3.05, 3.63) is 89.6 Å². The Morgan fingerprint density at radius 2 is 1.82 bits per heavy atom. The molecule has 192 valence electrons. The van der Waals surface area contributed by atoms with E-state index in [0.717, 1.165) is 39.6 Å². The number of hydrogen-bond acceptors (Lipinski definition) is 7. The molecule has 1 aliphatic rings. The Kier molecular flexibility index (Phi) is 6.51. The molecule has 1 atom stereocenters. The Balaban J connectivity index is 1.25. The van der Waals surface area contributed by atoms with E-state index in [-0.39, 0.29) is 17.7 Å². The molecule has 3 aromatic carbocycles. The number of para-hydroxylation sites is 1. The average Bonchev–Trinajstić information content (AvgIpc) is 3.62. The Morgan fingerprint density at radius 3 is 2.63 bits per heavy atom. The topological polar surface area (TPSA) is 93.5 Å². The summed E-state index contributed by atoms with van der Waals surface area (Å²) in [5.74, 6) is 1.94. The number of aromatic amines is 1. The van der Waals surface area contributed by atoms with Crippen LogP contribution in [0.3, 0.4) is 0 Å². The number of nitrogens with one attached hydrogen (secondary N) is 1. The van der Waals surface area contributed by atoms with Gasteiger partial charge in [0.05, 0.1) is 31.6 Å². The van der Waals surface area contributed by atoms with Crippen molar-refractivity contribution in [3.8, 4) is 23.0 Å². The van der Waals surface area contributed by atoms with E-state index in [4.69, 9.17) is 13.9 Å². The largest absolute Gasteiger partial charge is 0.493 e. The maximum Gasteiger partial charge on any atom is 0.277 e. The van der Waals surface area contributed by atoms with Gasteiger partial charge in [-0.15, -0.1) is 10.2 Å². The number of thioether (sulfide) groups is 1. The van der Waals surface area contributed by atoms with E-state index in [9.17, 15) is 4.79 Å². The minimum atomic E-state index is -0.239. The van der Waals surface area contributed by atoms with Crippen molar-refractivity contribution >= 4 is 28.6 Å². The van der Waals surface area contributed by atoms with Gasteiger partial charge in [0.15, 0.2) is 11.5 Å². The van der Waals surface area contributed by atoms with Crippen LogP contribution in [0.25, 0.3) is 22.4 Å². The number of carbonyl (C=O) groups excluding carboxylic acids is 1. The third-order valence-corrected chi connectivity index (χ3v) is 7.66. The summed E-state index contributed by atoms with van der Waals surface area (Å²) in [6, 6.07) is 21.8. The molecule has 0 spiro atoms. The smallest absolute Gasteiger partial charge is 0.277 e. The maximum atomic E-state index is 13.6. The highest BCUT2D eigenvalue weighted by Crippen LogP contribution is 2.41. The fourth-order valence-corrected chi connectivity index (χ4v) is 5.69. The van der Waals surface area contributed by atoms with Crippen LogP contribution < -0.4 is 9.47 Å². The van der Waals surface area contributed by atoms with Gasteiger partial charge in [-0.25, -0.2) is 0 Å². The molecule has 38 heavy (non-hydrogen) atoms. The first-order valence-corrected chi connectivity index (χ1v) is 13.3. The van der Waals surface area contributed by atoms with Crippen LogP contribution in [0, 0.1) is 0 Å². The first kappa shape index (κ1) is 24.1. The van der Waals surface area contributed by atoms with Crippen molar-refractivity contribution in [2.45, 2.75) is 17.7 Å². The summed E-state index contributed by atoms with van der Waals surface area (Å²) in [5.41, 5.74) is 5.06. The minimum absolute atomic E-state index is 0.00358. The van der Waals surface area contributed by atoms with Crippen LogP contribution in [-0.4, -0.2) is 52.5 Å². The summed E-state index contributed by atoms with van der Waals surface area (Å²) in [6.45, 7) is 0.589. The number of fused-ring (bicyclic) bond motifs is 2. The van der Waals surface area contributed by atoms with E-state index in [1.807, 2.05) is 65.7 Å². The molecular weight excluding hydrogens is 500 g/mol. The van der Waals surface area contributed by atoms with E-state index in [2.05, 4.69) is 27.3 Å². The van der Waals surface area contributed by atoms with Crippen molar-refractivity contribution in [3.63, 3.8) is 0 Å². The van der Waals surface area contributed by atoms with Gasteiger partial charge in [0.25, 0.3) is 11.1 Å². The second-order valence-corrected chi connectivity index (χ2v) is 9.89. The number of H-pyrrole nitrogens is 1. The van der Waals surface area contributed by atoms with Gasteiger partial charge in [0.1, 0.15) is 0 Å². The number of hydrogen-bond donors (Lipinski definition) is 1. The number of rotatable bonds is 7.